The van der Waals surface area contributed by atoms with Gasteiger partial charge in [-0.1, -0.05) is 6.08 Å². The number of halogens is 2. The predicted molar refractivity (Wildman–Crippen MR) is 66.5 cm³/mol. The van der Waals surface area contributed by atoms with Gasteiger partial charge in [0.1, 0.15) is 11.6 Å². The van der Waals surface area contributed by atoms with E-state index >= 15 is 0 Å². The highest BCUT2D eigenvalue weighted by Crippen LogP contribution is 2.19. The van der Waals surface area contributed by atoms with Crippen molar-refractivity contribution < 1.29 is 22.0 Å². The van der Waals surface area contributed by atoms with Crippen LogP contribution in [0.15, 0.2) is 48.3 Å². The second-order valence-corrected chi connectivity index (χ2v) is 4.82. The van der Waals surface area contributed by atoms with E-state index in [1.54, 1.807) is 0 Å². The Bertz CT molecular complexity index is 705. The van der Waals surface area contributed by atoms with Crippen molar-refractivity contribution in [1.29, 1.82) is 0 Å². The molecule has 1 atom stereocenters. The molecule has 19 heavy (non-hydrogen) atoms. The molecule has 3 nitrogen and oxygen atoms in total. The van der Waals surface area contributed by atoms with Gasteiger partial charge < -0.3 is 0 Å². The normalized spacial score (nSPS) is 18.1. The fourth-order valence-corrected chi connectivity index (χ4v) is 2.32. The number of carbonyl (C=O) groups excluding carboxylic acids is 1. The van der Waals surface area contributed by atoms with Gasteiger partial charge in [-0.15, -0.1) is 0 Å². The first-order valence-corrected chi connectivity index (χ1v) is 6.38. The number of benzene rings is 1. The van der Waals surface area contributed by atoms with Gasteiger partial charge in [0.15, 0.2) is 5.78 Å². The highest BCUT2D eigenvalue weighted by Gasteiger charge is 2.25. The fourth-order valence-electron chi connectivity index (χ4n) is 1.72. The van der Waals surface area contributed by atoms with Crippen LogP contribution in [-0.4, -0.2) is 19.1 Å². The van der Waals surface area contributed by atoms with Crippen molar-refractivity contribution in [2.45, 2.75) is 0 Å². The molecule has 0 saturated carbocycles. The average Bonchev–Trinajstić information content (AvgIpc) is 2.38. The topological polar surface area (TPSA) is 51.2 Å². The van der Waals surface area contributed by atoms with Crippen LogP contribution in [0.5, 0.6) is 0 Å². The summed E-state index contributed by atoms with van der Waals surface area (Å²) in [6.45, 7) is 0. The van der Waals surface area contributed by atoms with Crippen LogP contribution in [0.2, 0.25) is 0 Å². The zero-order chi connectivity index (χ0) is 14.0. The summed E-state index contributed by atoms with van der Waals surface area (Å²) in [6, 6.07) is 4.71. The van der Waals surface area contributed by atoms with Crippen LogP contribution in [0.3, 0.4) is 0 Å². The zero-order valence-electron chi connectivity index (χ0n) is 9.51. The van der Waals surface area contributed by atoms with Crippen LogP contribution in [0.25, 0.3) is 0 Å². The molecule has 0 aromatic heterocycles. The van der Waals surface area contributed by atoms with E-state index in [-0.39, 0.29) is 10.4 Å². The molecule has 0 bridgehead atoms. The minimum Gasteiger partial charge on any atom is -0.293 e. The summed E-state index contributed by atoms with van der Waals surface area (Å²) in [6.07, 6.45) is 3.00. The first-order valence-electron chi connectivity index (χ1n) is 5.30. The molecule has 0 aliphatic heterocycles. The predicted octanol–water partition coefficient (Wildman–Crippen LogP) is 2.10. The van der Waals surface area contributed by atoms with Gasteiger partial charge in [-0.05, 0) is 36.4 Å². The number of allylic oxidation sites excluding steroid dienone is 4. The van der Waals surface area contributed by atoms with Gasteiger partial charge >= 0.3 is 0 Å². The van der Waals surface area contributed by atoms with Crippen molar-refractivity contribution in [1.82, 2.24) is 0 Å². The summed E-state index contributed by atoms with van der Waals surface area (Å²) in [7, 11) is -2.70. The Balaban J connectivity index is 2.42. The quantitative estimate of drug-likeness (QED) is 0.616. The minimum atomic E-state index is -2.70. The van der Waals surface area contributed by atoms with Crippen LogP contribution in [0, 0.1) is 11.7 Å². The van der Waals surface area contributed by atoms with Gasteiger partial charge in [-0.25, -0.2) is 8.78 Å². The molecule has 0 spiro atoms. The Hall–Kier alpha value is -2.08. The lowest BCUT2D eigenvalue weighted by molar-refractivity contribution is 0.0973. The van der Waals surface area contributed by atoms with Crippen molar-refractivity contribution in [2.75, 3.05) is 0 Å². The molecular formula is C13H8F2O3S. The second-order valence-electron chi connectivity index (χ2n) is 3.87. The first-order chi connectivity index (χ1) is 8.99. The summed E-state index contributed by atoms with van der Waals surface area (Å²) in [5.74, 6) is -2.84. The Morgan fingerprint density at radius 1 is 1.11 bits per heavy atom. The molecule has 0 amide bonds. The molecule has 1 aromatic carbocycles. The van der Waals surface area contributed by atoms with E-state index in [0.29, 0.717) is 0 Å². The van der Waals surface area contributed by atoms with Crippen LogP contribution < -0.4 is 0 Å². The highest BCUT2D eigenvalue weighted by atomic mass is 32.2. The molecule has 0 heterocycles. The molecule has 0 saturated heterocycles. The average molecular weight is 282 g/mol. The Labute approximate surface area is 109 Å². The van der Waals surface area contributed by atoms with Crippen molar-refractivity contribution in [3.05, 3.63) is 59.7 Å². The van der Waals surface area contributed by atoms with Gasteiger partial charge in [-0.2, -0.15) is 8.42 Å². The van der Waals surface area contributed by atoms with Gasteiger partial charge in [0.05, 0.1) is 10.8 Å². The lowest BCUT2D eigenvalue weighted by atomic mass is 9.91. The van der Waals surface area contributed by atoms with E-state index in [0.717, 1.165) is 24.3 Å². The van der Waals surface area contributed by atoms with Crippen LogP contribution in [-0.2, 0) is 10.3 Å². The van der Waals surface area contributed by atoms with E-state index in [1.165, 1.54) is 18.2 Å². The molecule has 1 aliphatic carbocycles. The monoisotopic (exact) mass is 282 g/mol. The molecule has 1 aromatic rings. The van der Waals surface area contributed by atoms with E-state index < -0.39 is 33.6 Å². The van der Waals surface area contributed by atoms with Crippen molar-refractivity contribution in [3.63, 3.8) is 0 Å². The molecule has 0 radical (unpaired) electrons. The molecule has 1 unspecified atom stereocenters. The van der Waals surface area contributed by atoms with Crippen molar-refractivity contribution >= 4 is 20.9 Å². The molecule has 6 heteroatoms. The first kappa shape index (κ1) is 13.4. The smallest absolute Gasteiger partial charge is 0.218 e. The van der Waals surface area contributed by atoms with Crippen molar-refractivity contribution in [3.8, 4) is 0 Å². The number of ketones is 1. The standard InChI is InChI=1S/C13H8F2O3S/c14-9-3-1-8(2-4-9)13(16)11-6-5-10(15)7-12(11)19(17)18/h1-7,11H. The van der Waals surface area contributed by atoms with E-state index in [4.69, 9.17) is 0 Å². The number of Topliss-reactive ketones (excluding diaryl/α,β-unsaturated/α-hetero) is 1. The number of hydrogen-bond donors (Lipinski definition) is 0. The maximum Gasteiger partial charge on any atom is 0.218 e. The third-order valence-electron chi connectivity index (χ3n) is 2.64. The molecule has 0 fully saturated rings. The molecule has 2 rings (SSSR count). The molecule has 98 valence electrons. The third-order valence-corrected chi connectivity index (χ3v) is 3.39. The summed E-state index contributed by atoms with van der Waals surface area (Å²) in [5, 5.41) is 0. The Morgan fingerprint density at radius 3 is 2.32 bits per heavy atom. The summed E-state index contributed by atoms with van der Waals surface area (Å²) in [5.41, 5.74) is 0.162. The molecule has 0 N–H and O–H groups in total. The lowest BCUT2D eigenvalue weighted by Crippen LogP contribution is -2.23. The molecular weight excluding hydrogens is 274 g/mol. The van der Waals surface area contributed by atoms with E-state index in [9.17, 15) is 22.0 Å². The van der Waals surface area contributed by atoms with Crippen molar-refractivity contribution in [2.24, 2.45) is 5.92 Å². The maximum atomic E-state index is 13.0. The van der Waals surface area contributed by atoms with Gasteiger partial charge in [0.25, 0.3) is 0 Å². The number of hydrogen-bond acceptors (Lipinski definition) is 3. The van der Waals surface area contributed by atoms with Crippen LogP contribution in [0.4, 0.5) is 8.78 Å². The van der Waals surface area contributed by atoms with Gasteiger partial charge in [0, 0.05) is 5.56 Å². The SMILES string of the molecule is O=C(c1ccc(F)cc1)C1C=CC(F)=CC1=S(=O)=O. The Morgan fingerprint density at radius 2 is 1.74 bits per heavy atom. The molecule has 1 aliphatic rings. The van der Waals surface area contributed by atoms with E-state index in [2.05, 4.69) is 0 Å². The zero-order valence-corrected chi connectivity index (χ0v) is 10.3. The largest absolute Gasteiger partial charge is 0.293 e. The second kappa shape index (κ2) is 5.27. The van der Waals surface area contributed by atoms with Crippen LogP contribution >= 0.6 is 0 Å². The fraction of sp³-hybridized carbons (Fsp3) is 0.0769. The van der Waals surface area contributed by atoms with Gasteiger partial charge in [0.2, 0.25) is 10.3 Å². The Kier molecular flexibility index (Phi) is 3.71. The highest BCUT2D eigenvalue weighted by molar-refractivity contribution is 7.73. The maximum absolute atomic E-state index is 13.0. The number of carbonyl (C=O) groups is 1. The summed E-state index contributed by atoms with van der Waals surface area (Å²) >= 11 is 0. The van der Waals surface area contributed by atoms with Crippen LogP contribution in [0.1, 0.15) is 10.4 Å². The van der Waals surface area contributed by atoms with Gasteiger partial charge in [-0.3, -0.25) is 4.79 Å². The summed E-state index contributed by atoms with van der Waals surface area (Å²) < 4.78 is 47.8. The van der Waals surface area contributed by atoms with E-state index in [1.807, 2.05) is 0 Å². The lowest BCUT2D eigenvalue weighted by Gasteiger charge is -2.13. The number of rotatable bonds is 2. The third kappa shape index (κ3) is 2.85. The minimum absolute atomic E-state index is 0.162. The summed E-state index contributed by atoms with van der Waals surface area (Å²) in [4.78, 5) is 11.8.